The first-order valence-corrected chi connectivity index (χ1v) is 10.5. The van der Waals surface area contributed by atoms with Crippen LogP contribution in [0, 0.1) is 11.3 Å². The number of hydrogen-bond donors (Lipinski definition) is 0. The average molecular weight is 439 g/mol. The molecule has 0 aromatic carbocycles. The lowest BCUT2D eigenvalue weighted by Gasteiger charge is -2.49. The summed E-state index contributed by atoms with van der Waals surface area (Å²) >= 11 is 3.30. The summed E-state index contributed by atoms with van der Waals surface area (Å²) < 4.78 is 11.7. The van der Waals surface area contributed by atoms with E-state index in [1.165, 1.54) is 6.92 Å². The molecule has 1 heterocycles. The van der Waals surface area contributed by atoms with Crippen molar-refractivity contribution in [2.45, 2.75) is 78.7 Å². The first-order valence-electron chi connectivity index (χ1n) is 9.66. The summed E-state index contributed by atoms with van der Waals surface area (Å²) in [5.41, 5.74) is 1.27. The number of carbonyl (C=O) groups excluding carboxylic acids is 2. The highest BCUT2D eigenvalue weighted by Gasteiger charge is 2.49. The van der Waals surface area contributed by atoms with Gasteiger partial charge in [0, 0.05) is 19.3 Å². The summed E-state index contributed by atoms with van der Waals surface area (Å²) in [7, 11) is 0. The minimum absolute atomic E-state index is 0.0170. The Bertz CT molecular complexity index is 716. The van der Waals surface area contributed by atoms with Crippen molar-refractivity contribution in [3.8, 4) is 0 Å². The van der Waals surface area contributed by atoms with Gasteiger partial charge in [0.1, 0.15) is 5.60 Å². The molecule has 0 radical (unpaired) electrons. The van der Waals surface area contributed by atoms with E-state index in [0.717, 1.165) is 47.9 Å². The van der Waals surface area contributed by atoms with Gasteiger partial charge in [0.05, 0.1) is 6.26 Å². The van der Waals surface area contributed by atoms with Crippen LogP contribution in [-0.4, -0.2) is 17.4 Å². The van der Waals surface area contributed by atoms with Gasteiger partial charge in [-0.05, 0) is 84.5 Å². The number of hydrogen-bond acceptors (Lipinski definition) is 4. The molecule has 0 aliphatic heterocycles. The van der Waals surface area contributed by atoms with Gasteiger partial charge in [0.15, 0.2) is 10.5 Å². The Hall–Kier alpha value is -1.36. The maximum absolute atomic E-state index is 12.9. The second-order valence-electron chi connectivity index (χ2n) is 8.61. The summed E-state index contributed by atoms with van der Waals surface area (Å²) in [5, 5.41) is 0. The van der Waals surface area contributed by atoms with Crippen LogP contribution in [-0.2, 0) is 20.7 Å². The van der Waals surface area contributed by atoms with Gasteiger partial charge in [-0.1, -0.05) is 19.9 Å². The number of rotatable bonds is 7. The summed E-state index contributed by atoms with van der Waals surface area (Å²) in [6, 6.07) is 1.94. The molecule has 4 nitrogen and oxygen atoms in total. The third-order valence-corrected chi connectivity index (χ3v) is 6.30. The summed E-state index contributed by atoms with van der Waals surface area (Å²) in [4.78, 5) is 24.5. The molecule has 2 atom stereocenters. The van der Waals surface area contributed by atoms with Gasteiger partial charge < -0.3 is 9.15 Å². The van der Waals surface area contributed by atoms with Crippen LogP contribution in [0.5, 0.6) is 0 Å². The number of Topliss-reactive ketones (excluding diaryl/α,β-unsaturated/α-hetero) is 1. The number of allylic oxidation sites excluding steroid dienone is 2. The molecule has 27 heavy (non-hydrogen) atoms. The van der Waals surface area contributed by atoms with Crippen molar-refractivity contribution in [3.05, 3.63) is 34.2 Å². The molecule has 1 aliphatic carbocycles. The van der Waals surface area contributed by atoms with E-state index in [-0.39, 0.29) is 23.1 Å². The van der Waals surface area contributed by atoms with Crippen molar-refractivity contribution >= 4 is 27.7 Å². The molecule has 1 aliphatic rings. The Labute approximate surface area is 170 Å². The number of furan rings is 1. The van der Waals surface area contributed by atoms with Crippen molar-refractivity contribution in [2.24, 2.45) is 11.3 Å². The van der Waals surface area contributed by atoms with E-state index in [2.05, 4.69) is 29.8 Å². The fraction of sp³-hybridized carbons (Fsp3) is 0.636. The number of halogens is 1. The van der Waals surface area contributed by atoms with Crippen molar-refractivity contribution < 1.29 is 18.7 Å². The minimum Gasteiger partial charge on any atom is -0.459 e. The maximum atomic E-state index is 12.9. The van der Waals surface area contributed by atoms with Crippen molar-refractivity contribution in [3.63, 3.8) is 0 Å². The number of carbonyl (C=O) groups is 2. The van der Waals surface area contributed by atoms with Crippen LogP contribution in [0.1, 0.15) is 72.3 Å². The summed E-state index contributed by atoms with van der Waals surface area (Å²) in [6.45, 7) is 9.68. The predicted molar refractivity (Wildman–Crippen MR) is 109 cm³/mol. The molecule has 0 spiro atoms. The second kappa shape index (κ2) is 8.76. The Morgan fingerprint density at radius 2 is 2.00 bits per heavy atom. The first kappa shape index (κ1) is 21.9. The molecular formula is C22H31BrO4. The molecule has 1 fully saturated rings. The van der Waals surface area contributed by atoms with Crippen molar-refractivity contribution in [1.82, 2.24) is 0 Å². The molecule has 1 saturated carbocycles. The van der Waals surface area contributed by atoms with Crippen molar-refractivity contribution in [2.75, 3.05) is 0 Å². The predicted octanol–water partition coefficient (Wildman–Crippen LogP) is 6.03. The monoisotopic (exact) mass is 438 g/mol. The van der Waals surface area contributed by atoms with E-state index in [0.29, 0.717) is 6.42 Å². The third-order valence-electron chi connectivity index (χ3n) is 5.89. The molecule has 0 unspecified atom stereocenters. The van der Waals surface area contributed by atoms with Crippen molar-refractivity contribution in [1.29, 1.82) is 0 Å². The van der Waals surface area contributed by atoms with Crippen LogP contribution in [0.3, 0.4) is 0 Å². The lowest BCUT2D eigenvalue weighted by Crippen LogP contribution is -2.50. The Kier molecular flexibility index (Phi) is 7.12. The SMILES string of the molecule is CC(=O)O[C@@]1(C)CCCC(C)(C)[C@@H]1CC(=O)/C(C)=C/CCc1coc(Br)c1. The van der Waals surface area contributed by atoms with Crippen LogP contribution in [0.25, 0.3) is 0 Å². The zero-order chi connectivity index (χ0) is 20.2. The van der Waals surface area contributed by atoms with Gasteiger partial charge in [-0.15, -0.1) is 0 Å². The summed E-state index contributed by atoms with van der Waals surface area (Å²) in [5.74, 6) is -0.115. The van der Waals surface area contributed by atoms with E-state index < -0.39 is 5.60 Å². The van der Waals surface area contributed by atoms with E-state index in [9.17, 15) is 9.59 Å². The smallest absolute Gasteiger partial charge is 0.303 e. The molecule has 1 aromatic heterocycles. The van der Waals surface area contributed by atoms with Gasteiger partial charge in [-0.2, -0.15) is 0 Å². The fourth-order valence-corrected chi connectivity index (χ4v) is 4.79. The molecule has 2 rings (SSSR count). The Morgan fingerprint density at radius 3 is 2.59 bits per heavy atom. The zero-order valence-electron chi connectivity index (χ0n) is 17.1. The number of ether oxygens (including phenoxy) is 1. The minimum atomic E-state index is -0.577. The normalized spacial score (nSPS) is 25.3. The Morgan fingerprint density at radius 1 is 1.30 bits per heavy atom. The van der Waals surface area contributed by atoms with Gasteiger partial charge in [0.2, 0.25) is 0 Å². The van der Waals surface area contributed by atoms with Gasteiger partial charge >= 0.3 is 5.97 Å². The van der Waals surface area contributed by atoms with Gasteiger partial charge in [0.25, 0.3) is 0 Å². The fourth-order valence-electron chi connectivity index (χ4n) is 4.41. The highest BCUT2D eigenvalue weighted by Crippen LogP contribution is 2.50. The summed E-state index contributed by atoms with van der Waals surface area (Å²) in [6.07, 6.45) is 8.63. The van der Waals surface area contributed by atoms with Gasteiger partial charge in [-0.3, -0.25) is 9.59 Å². The zero-order valence-corrected chi connectivity index (χ0v) is 18.6. The van der Waals surface area contributed by atoms with E-state index in [4.69, 9.17) is 9.15 Å². The van der Waals surface area contributed by atoms with E-state index in [1.54, 1.807) is 6.26 Å². The largest absolute Gasteiger partial charge is 0.459 e. The van der Waals surface area contributed by atoms with Gasteiger partial charge in [-0.25, -0.2) is 0 Å². The standard InChI is InChI=1S/C22H31BrO4/c1-15(8-6-9-17-12-20(23)26-14-17)18(25)13-19-21(3,4)10-7-11-22(19,5)27-16(2)24/h8,12,14,19H,6-7,9-11,13H2,1-5H3/b15-8+/t19-,22-/m0/s1. The van der Waals surface area contributed by atoms with E-state index in [1.807, 2.05) is 26.0 Å². The van der Waals surface area contributed by atoms with Crippen LogP contribution < -0.4 is 0 Å². The third kappa shape index (κ3) is 5.81. The lowest BCUT2D eigenvalue weighted by atomic mass is 9.60. The van der Waals surface area contributed by atoms with Crippen LogP contribution in [0.15, 0.2) is 33.1 Å². The van der Waals surface area contributed by atoms with Crippen LogP contribution >= 0.6 is 15.9 Å². The molecule has 0 amide bonds. The van der Waals surface area contributed by atoms with Crippen LogP contribution in [0.2, 0.25) is 0 Å². The highest BCUT2D eigenvalue weighted by atomic mass is 79.9. The molecule has 5 heteroatoms. The number of aryl methyl sites for hydroxylation is 1. The number of ketones is 1. The molecule has 0 saturated heterocycles. The maximum Gasteiger partial charge on any atom is 0.303 e. The molecule has 1 aromatic rings. The lowest BCUT2D eigenvalue weighted by molar-refractivity contribution is -0.176. The molecule has 0 bridgehead atoms. The molecule has 150 valence electrons. The molecular weight excluding hydrogens is 408 g/mol. The topological polar surface area (TPSA) is 56.5 Å². The second-order valence-corrected chi connectivity index (χ2v) is 9.39. The van der Waals surface area contributed by atoms with Crippen LogP contribution in [0.4, 0.5) is 0 Å². The molecule has 0 N–H and O–H groups in total. The quantitative estimate of drug-likeness (QED) is 0.385. The Balaban J connectivity index is 2.05. The average Bonchev–Trinajstić information content (AvgIpc) is 2.95. The number of esters is 1. The first-order chi connectivity index (χ1) is 12.5. The highest BCUT2D eigenvalue weighted by molar-refractivity contribution is 9.10. The van der Waals surface area contributed by atoms with E-state index >= 15 is 0 Å².